The number of carbonyl (C=O) groups excluding carboxylic acids is 1. The van der Waals surface area contributed by atoms with Crippen LogP contribution in [0.25, 0.3) is 21.1 Å². The van der Waals surface area contributed by atoms with E-state index in [1.54, 1.807) is 0 Å². The highest BCUT2D eigenvalue weighted by Crippen LogP contribution is 2.37. The summed E-state index contributed by atoms with van der Waals surface area (Å²) in [5, 5.41) is 4.98. The van der Waals surface area contributed by atoms with E-state index >= 15 is 0 Å². The first-order valence-corrected chi connectivity index (χ1v) is 12.3. The number of pyridine rings is 1. The van der Waals surface area contributed by atoms with Crippen LogP contribution in [0.3, 0.4) is 0 Å². The molecular weight excluding hydrogens is 450 g/mol. The summed E-state index contributed by atoms with van der Waals surface area (Å²) in [7, 11) is 0. The second-order valence-corrected chi connectivity index (χ2v) is 9.48. The van der Waals surface area contributed by atoms with E-state index in [4.69, 9.17) is 9.72 Å². The van der Waals surface area contributed by atoms with Gasteiger partial charge in [0.1, 0.15) is 11.0 Å². The molecule has 3 aromatic carbocycles. The van der Waals surface area contributed by atoms with Crippen LogP contribution in [0.5, 0.6) is 5.75 Å². The molecule has 2 aromatic heterocycles. The van der Waals surface area contributed by atoms with Gasteiger partial charge in [-0.2, -0.15) is 0 Å². The SMILES string of the molecule is CCOc1ccc2sc(NC(=O)[C@@H](Sc3ccc4ccccc4n3)c3ccccc3)nc2c1. The van der Waals surface area contributed by atoms with Gasteiger partial charge in [-0.3, -0.25) is 4.79 Å². The number of hydrogen-bond acceptors (Lipinski definition) is 6. The number of rotatable bonds is 7. The Morgan fingerprint density at radius 3 is 2.64 bits per heavy atom. The van der Waals surface area contributed by atoms with Crippen molar-refractivity contribution in [3.05, 3.63) is 90.5 Å². The quantitative estimate of drug-likeness (QED) is 0.267. The first-order chi connectivity index (χ1) is 16.2. The average Bonchev–Trinajstić information content (AvgIpc) is 3.24. The van der Waals surface area contributed by atoms with E-state index in [-0.39, 0.29) is 5.91 Å². The monoisotopic (exact) mass is 471 g/mol. The minimum atomic E-state index is -0.467. The maximum absolute atomic E-state index is 13.4. The standard InChI is InChI=1S/C26H21N3O2S2/c1-2-31-19-13-14-22-21(16-19)28-26(32-22)29-25(30)24(18-9-4-3-5-10-18)33-23-15-12-17-8-6-7-11-20(17)27-23/h3-16,24H,2H2,1H3,(H,28,29,30)/t24-/m0/s1. The van der Waals surface area contributed by atoms with E-state index in [0.717, 1.165) is 37.5 Å². The summed E-state index contributed by atoms with van der Waals surface area (Å²) in [6.07, 6.45) is 0. The van der Waals surface area contributed by atoms with Crippen molar-refractivity contribution in [2.45, 2.75) is 17.2 Å². The third-order valence-electron chi connectivity index (χ3n) is 5.05. The van der Waals surface area contributed by atoms with Crippen molar-refractivity contribution >= 4 is 55.3 Å². The number of carbonyl (C=O) groups is 1. The lowest BCUT2D eigenvalue weighted by atomic mass is 10.1. The van der Waals surface area contributed by atoms with Crippen molar-refractivity contribution in [3.63, 3.8) is 0 Å². The number of amides is 1. The molecule has 0 radical (unpaired) electrons. The maximum atomic E-state index is 13.4. The van der Waals surface area contributed by atoms with Gasteiger partial charge in [-0.25, -0.2) is 9.97 Å². The van der Waals surface area contributed by atoms with Crippen LogP contribution in [0, 0.1) is 0 Å². The summed E-state index contributed by atoms with van der Waals surface area (Å²) in [5.41, 5.74) is 2.63. The summed E-state index contributed by atoms with van der Waals surface area (Å²) in [6.45, 7) is 2.54. The molecule has 5 nitrogen and oxygen atoms in total. The molecule has 0 spiro atoms. The fraction of sp³-hybridized carbons (Fsp3) is 0.115. The van der Waals surface area contributed by atoms with Gasteiger partial charge in [-0.05, 0) is 36.8 Å². The fourth-order valence-electron chi connectivity index (χ4n) is 3.52. The molecule has 1 amide bonds. The van der Waals surface area contributed by atoms with Crippen molar-refractivity contribution in [1.82, 2.24) is 9.97 Å². The number of thiazole rings is 1. The van der Waals surface area contributed by atoms with E-state index in [1.165, 1.54) is 23.1 Å². The molecule has 0 aliphatic heterocycles. The molecule has 7 heteroatoms. The second kappa shape index (κ2) is 9.60. The lowest BCUT2D eigenvalue weighted by Crippen LogP contribution is -2.19. The van der Waals surface area contributed by atoms with Gasteiger partial charge in [0.2, 0.25) is 5.91 Å². The van der Waals surface area contributed by atoms with Gasteiger partial charge in [0, 0.05) is 11.5 Å². The molecule has 0 fully saturated rings. The second-order valence-electron chi connectivity index (χ2n) is 7.32. The van der Waals surface area contributed by atoms with E-state index in [9.17, 15) is 4.79 Å². The van der Waals surface area contributed by atoms with Crippen molar-refractivity contribution < 1.29 is 9.53 Å². The van der Waals surface area contributed by atoms with Gasteiger partial charge in [0.25, 0.3) is 0 Å². The van der Waals surface area contributed by atoms with Crippen LogP contribution in [-0.4, -0.2) is 22.5 Å². The van der Waals surface area contributed by atoms with Gasteiger partial charge in [-0.1, -0.05) is 77.7 Å². The Morgan fingerprint density at radius 1 is 0.970 bits per heavy atom. The number of para-hydroxylation sites is 1. The molecule has 0 aliphatic rings. The van der Waals surface area contributed by atoms with Gasteiger partial charge in [0.05, 0.1) is 27.4 Å². The van der Waals surface area contributed by atoms with Crippen LogP contribution >= 0.6 is 23.1 Å². The molecular formula is C26H21N3O2S2. The topological polar surface area (TPSA) is 64.1 Å². The highest BCUT2D eigenvalue weighted by Gasteiger charge is 2.24. The minimum absolute atomic E-state index is 0.134. The van der Waals surface area contributed by atoms with E-state index in [1.807, 2.05) is 91.9 Å². The summed E-state index contributed by atoms with van der Waals surface area (Å²) >= 11 is 2.88. The zero-order chi connectivity index (χ0) is 22.6. The van der Waals surface area contributed by atoms with E-state index in [0.29, 0.717) is 11.7 Å². The summed E-state index contributed by atoms with van der Waals surface area (Å²) in [5.74, 6) is 0.638. The van der Waals surface area contributed by atoms with E-state index < -0.39 is 5.25 Å². The molecule has 0 unspecified atom stereocenters. The Kier molecular flexibility index (Phi) is 6.24. The maximum Gasteiger partial charge on any atom is 0.244 e. The highest BCUT2D eigenvalue weighted by atomic mass is 32.2. The summed E-state index contributed by atoms with van der Waals surface area (Å²) in [4.78, 5) is 22.8. The van der Waals surface area contributed by atoms with Gasteiger partial charge >= 0.3 is 0 Å². The Balaban J connectivity index is 1.42. The molecule has 2 heterocycles. The van der Waals surface area contributed by atoms with E-state index in [2.05, 4.69) is 10.3 Å². The molecule has 0 aliphatic carbocycles. The number of thioether (sulfide) groups is 1. The van der Waals surface area contributed by atoms with Gasteiger partial charge in [0.15, 0.2) is 5.13 Å². The van der Waals surface area contributed by atoms with Gasteiger partial charge < -0.3 is 10.1 Å². The molecule has 1 atom stereocenters. The molecule has 164 valence electrons. The Bertz CT molecular complexity index is 1420. The molecule has 0 saturated carbocycles. The number of nitrogens with one attached hydrogen (secondary N) is 1. The molecule has 1 N–H and O–H groups in total. The third-order valence-corrected chi connectivity index (χ3v) is 7.19. The number of fused-ring (bicyclic) bond motifs is 2. The number of benzene rings is 3. The number of aromatic nitrogens is 2. The van der Waals surface area contributed by atoms with Gasteiger partial charge in [-0.15, -0.1) is 0 Å². The Labute approximate surface area is 199 Å². The zero-order valence-corrected chi connectivity index (χ0v) is 19.5. The third kappa shape index (κ3) is 4.84. The van der Waals surface area contributed by atoms with Crippen molar-refractivity contribution in [1.29, 1.82) is 0 Å². The molecule has 0 bridgehead atoms. The van der Waals surface area contributed by atoms with Crippen molar-refractivity contribution in [2.75, 3.05) is 11.9 Å². The Morgan fingerprint density at radius 2 is 1.79 bits per heavy atom. The normalized spacial score (nSPS) is 12.0. The van der Waals surface area contributed by atoms with Crippen LogP contribution in [0.1, 0.15) is 17.7 Å². The van der Waals surface area contributed by atoms with Crippen molar-refractivity contribution in [2.24, 2.45) is 0 Å². The number of anilines is 1. The van der Waals surface area contributed by atoms with Crippen LogP contribution in [0.2, 0.25) is 0 Å². The molecule has 5 rings (SSSR count). The van der Waals surface area contributed by atoms with Crippen LogP contribution in [0.4, 0.5) is 5.13 Å². The lowest BCUT2D eigenvalue weighted by Gasteiger charge is -2.16. The fourth-order valence-corrected chi connectivity index (χ4v) is 5.37. The number of nitrogens with zero attached hydrogens (tertiary/aromatic N) is 2. The summed E-state index contributed by atoms with van der Waals surface area (Å²) in [6, 6.07) is 27.5. The predicted octanol–water partition coefficient (Wildman–Crippen LogP) is 6.72. The first kappa shape index (κ1) is 21.4. The summed E-state index contributed by atoms with van der Waals surface area (Å²) < 4.78 is 6.56. The number of ether oxygens (including phenoxy) is 1. The predicted molar refractivity (Wildman–Crippen MR) is 136 cm³/mol. The van der Waals surface area contributed by atoms with Crippen molar-refractivity contribution in [3.8, 4) is 5.75 Å². The first-order valence-electron chi connectivity index (χ1n) is 10.6. The molecule has 0 saturated heterocycles. The number of hydrogen-bond donors (Lipinski definition) is 1. The van der Waals surface area contributed by atoms with Crippen LogP contribution in [0.15, 0.2) is 90.0 Å². The molecule has 33 heavy (non-hydrogen) atoms. The molecule has 5 aromatic rings. The zero-order valence-electron chi connectivity index (χ0n) is 17.9. The Hall–Kier alpha value is -3.42. The highest BCUT2D eigenvalue weighted by molar-refractivity contribution is 8.00. The average molecular weight is 472 g/mol. The lowest BCUT2D eigenvalue weighted by molar-refractivity contribution is -0.115. The largest absolute Gasteiger partial charge is 0.494 e. The van der Waals surface area contributed by atoms with Crippen LogP contribution < -0.4 is 10.1 Å². The minimum Gasteiger partial charge on any atom is -0.494 e. The smallest absolute Gasteiger partial charge is 0.244 e. The van der Waals surface area contributed by atoms with Crippen LogP contribution in [-0.2, 0) is 4.79 Å².